The lowest BCUT2D eigenvalue weighted by Crippen LogP contribution is -2.35. The summed E-state index contributed by atoms with van der Waals surface area (Å²) in [5, 5.41) is 0. The highest BCUT2D eigenvalue weighted by molar-refractivity contribution is 5.43. The lowest BCUT2D eigenvalue weighted by atomic mass is 9.93. The van der Waals surface area contributed by atoms with Gasteiger partial charge >= 0.3 is 0 Å². The molecular weight excluding hydrogens is 404 g/mol. The largest absolute Gasteiger partial charge is 0.493 e. The van der Waals surface area contributed by atoms with E-state index in [1.807, 2.05) is 12.1 Å². The Kier molecular flexibility index (Phi) is 7.33. The fourth-order valence-electron chi connectivity index (χ4n) is 4.62. The van der Waals surface area contributed by atoms with Crippen molar-refractivity contribution in [2.75, 3.05) is 44.8 Å². The summed E-state index contributed by atoms with van der Waals surface area (Å²) in [5.41, 5.74) is 2.07. The normalized spacial score (nSPS) is 17.7. The van der Waals surface area contributed by atoms with Crippen molar-refractivity contribution in [1.29, 1.82) is 0 Å². The molecule has 2 saturated heterocycles. The van der Waals surface area contributed by atoms with Gasteiger partial charge in [-0.15, -0.1) is 6.42 Å². The summed E-state index contributed by atoms with van der Waals surface area (Å²) in [6.45, 7) is 4.95. The predicted molar refractivity (Wildman–Crippen MR) is 125 cm³/mol. The average Bonchev–Trinajstić information content (AvgIpc) is 2.83. The van der Waals surface area contributed by atoms with E-state index in [2.05, 4.69) is 26.8 Å². The Labute approximate surface area is 189 Å². The van der Waals surface area contributed by atoms with Crippen molar-refractivity contribution in [3.8, 4) is 23.8 Å². The van der Waals surface area contributed by atoms with E-state index in [9.17, 15) is 4.79 Å². The van der Waals surface area contributed by atoms with Crippen LogP contribution in [0, 0.1) is 12.3 Å². The Morgan fingerprint density at radius 1 is 1.12 bits per heavy atom. The van der Waals surface area contributed by atoms with Crippen molar-refractivity contribution in [3.63, 3.8) is 0 Å². The number of H-pyrrole nitrogens is 1. The van der Waals surface area contributed by atoms with Crippen molar-refractivity contribution in [3.05, 3.63) is 45.9 Å². The molecule has 0 spiro atoms. The van der Waals surface area contributed by atoms with Crippen LogP contribution >= 0.6 is 0 Å². The molecule has 0 radical (unpaired) electrons. The molecule has 32 heavy (non-hydrogen) atoms. The molecule has 0 atom stereocenters. The Morgan fingerprint density at radius 3 is 2.62 bits per heavy atom. The zero-order chi connectivity index (χ0) is 22.3. The quantitative estimate of drug-likeness (QED) is 0.673. The third-order valence-electron chi connectivity index (χ3n) is 6.36. The van der Waals surface area contributed by atoms with Crippen LogP contribution in [0.25, 0.3) is 0 Å². The minimum Gasteiger partial charge on any atom is -0.493 e. The minimum absolute atomic E-state index is 0.0442. The monoisotopic (exact) mass is 436 g/mol. The number of terminal acetylenes is 1. The van der Waals surface area contributed by atoms with Gasteiger partial charge in [0.2, 0.25) is 5.95 Å². The first kappa shape index (κ1) is 22.2. The zero-order valence-corrected chi connectivity index (χ0v) is 18.8. The number of nitrogens with one attached hydrogen (secondary N) is 1. The summed E-state index contributed by atoms with van der Waals surface area (Å²) in [6.07, 6.45) is 10.9. The van der Waals surface area contributed by atoms with E-state index < -0.39 is 0 Å². The van der Waals surface area contributed by atoms with Gasteiger partial charge in [-0.1, -0.05) is 12.0 Å². The van der Waals surface area contributed by atoms with Gasteiger partial charge in [0.1, 0.15) is 6.61 Å². The summed E-state index contributed by atoms with van der Waals surface area (Å²) < 4.78 is 11.0. The number of hydrogen-bond donors (Lipinski definition) is 1. The molecule has 2 aliphatic rings. The second-order valence-corrected chi connectivity index (χ2v) is 8.57. The highest BCUT2D eigenvalue weighted by Crippen LogP contribution is 2.31. The van der Waals surface area contributed by atoms with Gasteiger partial charge in [0.05, 0.1) is 12.8 Å². The van der Waals surface area contributed by atoms with Gasteiger partial charge in [0.25, 0.3) is 5.56 Å². The van der Waals surface area contributed by atoms with Crippen molar-refractivity contribution in [2.24, 2.45) is 0 Å². The number of methoxy groups -OCH3 is 1. The maximum atomic E-state index is 12.3. The van der Waals surface area contributed by atoms with Crippen LogP contribution in [-0.2, 0) is 6.54 Å². The second-order valence-electron chi connectivity index (χ2n) is 8.57. The van der Waals surface area contributed by atoms with Gasteiger partial charge in [-0.25, -0.2) is 4.98 Å². The number of ether oxygens (including phenoxy) is 2. The van der Waals surface area contributed by atoms with Crippen LogP contribution in [0.4, 0.5) is 5.95 Å². The van der Waals surface area contributed by atoms with Crippen LogP contribution in [0.5, 0.6) is 11.5 Å². The van der Waals surface area contributed by atoms with Gasteiger partial charge in [0.15, 0.2) is 11.5 Å². The summed E-state index contributed by atoms with van der Waals surface area (Å²) in [5.74, 6) is 4.91. The van der Waals surface area contributed by atoms with Crippen LogP contribution in [0.1, 0.15) is 49.3 Å². The van der Waals surface area contributed by atoms with Crippen LogP contribution in [-0.4, -0.2) is 54.8 Å². The maximum Gasteiger partial charge on any atom is 0.252 e. The first-order valence-electron chi connectivity index (χ1n) is 11.5. The third kappa shape index (κ3) is 5.43. The Bertz CT molecular complexity index is 999. The van der Waals surface area contributed by atoms with Gasteiger partial charge < -0.3 is 14.4 Å². The highest BCUT2D eigenvalue weighted by atomic mass is 16.5. The standard InChI is InChI=1S/C25H32N4O3/c1-3-15-32-22-8-7-19(16-23(22)31-2)18-28-13-9-20(10-14-28)21-17-24(30)27-25(26-21)29-11-5-4-6-12-29/h1,7-8,16-17,20H,4-6,9-15,18H2,2H3,(H,26,27,30). The van der Waals surface area contributed by atoms with Crippen LogP contribution in [0.15, 0.2) is 29.1 Å². The summed E-state index contributed by atoms with van der Waals surface area (Å²) in [4.78, 5) is 24.7. The molecule has 2 aromatic rings. The summed E-state index contributed by atoms with van der Waals surface area (Å²) in [6, 6.07) is 7.68. The van der Waals surface area contributed by atoms with Crippen molar-refractivity contribution < 1.29 is 9.47 Å². The number of aromatic nitrogens is 2. The average molecular weight is 437 g/mol. The molecule has 0 amide bonds. The van der Waals surface area contributed by atoms with Crippen LogP contribution < -0.4 is 19.9 Å². The van der Waals surface area contributed by atoms with Crippen LogP contribution in [0.3, 0.4) is 0 Å². The van der Waals surface area contributed by atoms with E-state index in [4.69, 9.17) is 20.9 Å². The summed E-state index contributed by atoms with van der Waals surface area (Å²) >= 11 is 0. The van der Waals surface area contributed by atoms with Gasteiger partial charge in [-0.05, 0) is 62.9 Å². The van der Waals surface area contributed by atoms with Crippen molar-refractivity contribution in [1.82, 2.24) is 14.9 Å². The molecule has 1 aromatic carbocycles. The molecule has 0 unspecified atom stereocenters. The molecule has 7 heteroatoms. The zero-order valence-electron chi connectivity index (χ0n) is 18.8. The molecule has 3 heterocycles. The molecular formula is C25H32N4O3. The lowest BCUT2D eigenvalue weighted by molar-refractivity contribution is 0.203. The Balaban J connectivity index is 1.37. The lowest BCUT2D eigenvalue weighted by Gasteiger charge is -2.32. The molecule has 0 aliphatic carbocycles. The molecule has 170 valence electrons. The number of rotatable bonds is 7. The van der Waals surface area contributed by atoms with E-state index in [-0.39, 0.29) is 12.2 Å². The number of benzene rings is 1. The fraction of sp³-hybridized carbons (Fsp3) is 0.520. The molecule has 1 N–H and O–H groups in total. The molecule has 4 rings (SSSR count). The molecule has 0 bridgehead atoms. The Morgan fingerprint density at radius 2 is 1.91 bits per heavy atom. The molecule has 2 fully saturated rings. The molecule has 0 saturated carbocycles. The SMILES string of the molecule is C#CCOc1ccc(CN2CCC(c3cc(=O)[nH]c(N4CCCCC4)n3)CC2)cc1OC. The van der Waals surface area contributed by atoms with E-state index in [0.29, 0.717) is 17.4 Å². The first-order chi connectivity index (χ1) is 15.7. The van der Waals surface area contributed by atoms with Gasteiger partial charge in [-0.3, -0.25) is 14.7 Å². The molecule has 1 aromatic heterocycles. The van der Waals surface area contributed by atoms with E-state index in [1.165, 1.54) is 12.0 Å². The number of aromatic amines is 1. The number of anilines is 1. The number of piperidine rings is 2. The molecule has 7 nitrogen and oxygen atoms in total. The van der Waals surface area contributed by atoms with Crippen molar-refractivity contribution in [2.45, 2.75) is 44.6 Å². The second kappa shape index (κ2) is 10.6. The van der Waals surface area contributed by atoms with E-state index in [0.717, 1.165) is 70.0 Å². The number of nitrogens with zero attached hydrogens (tertiary/aromatic N) is 3. The summed E-state index contributed by atoms with van der Waals surface area (Å²) in [7, 11) is 1.64. The topological polar surface area (TPSA) is 70.7 Å². The van der Waals surface area contributed by atoms with Gasteiger partial charge in [0, 0.05) is 31.6 Å². The fourth-order valence-corrected chi connectivity index (χ4v) is 4.62. The highest BCUT2D eigenvalue weighted by Gasteiger charge is 2.24. The van der Waals surface area contributed by atoms with Gasteiger partial charge in [-0.2, -0.15) is 0 Å². The van der Waals surface area contributed by atoms with E-state index in [1.54, 1.807) is 13.2 Å². The minimum atomic E-state index is -0.0442. The first-order valence-corrected chi connectivity index (χ1v) is 11.5. The molecule has 2 aliphatic heterocycles. The third-order valence-corrected chi connectivity index (χ3v) is 6.36. The number of likely N-dealkylation sites (tertiary alicyclic amines) is 1. The number of hydrogen-bond acceptors (Lipinski definition) is 6. The maximum absolute atomic E-state index is 12.3. The van der Waals surface area contributed by atoms with E-state index >= 15 is 0 Å². The van der Waals surface area contributed by atoms with Crippen LogP contribution in [0.2, 0.25) is 0 Å². The smallest absolute Gasteiger partial charge is 0.252 e. The Hall–Kier alpha value is -2.98. The predicted octanol–water partition coefficient (Wildman–Crippen LogP) is 3.16. The van der Waals surface area contributed by atoms with Crippen molar-refractivity contribution >= 4 is 5.95 Å².